The van der Waals surface area contributed by atoms with E-state index >= 15 is 0 Å². The van der Waals surface area contributed by atoms with Gasteiger partial charge in [0.1, 0.15) is 11.2 Å². The maximum Gasteiger partial charge on any atom is 0.164 e. The summed E-state index contributed by atoms with van der Waals surface area (Å²) < 4.78 is 6.29. The van der Waals surface area contributed by atoms with Gasteiger partial charge in [0, 0.05) is 27.5 Å². The number of fused-ring (bicyclic) bond motifs is 3. The van der Waals surface area contributed by atoms with Crippen molar-refractivity contribution < 1.29 is 4.42 Å². The second kappa shape index (κ2) is 13.8. The summed E-state index contributed by atoms with van der Waals surface area (Å²) in [6, 6.07) is 69.4. The number of aromatic nitrogens is 3. The Bertz CT molecular complexity index is 2950. The standard InChI is InChI=1S/C51H33N3O/c1-4-15-34(16-5-1)39-31-40(33-41(32-39)43-24-14-26-47-48(43)45-23-12-13-25-46(45)55-47)35-27-29-38(30-28-35)50-52-49(37-19-8-3-9-20-37)53-51(54-50)44-22-11-10-21-42(44)36-17-6-2-7-18-36/h1-33H. The van der Waals surface area contributed by atoms with Crippen LogP contribution in [-0.2, 0) is 0 Å². The maximum absolute atomic E-state index is 6.29. The van der Waals surface area contributed by atoms with Crippen LogP contribution in [0.15, 0.2) is 205 Å². The number of para-hydroxylation sites is 1. The van der Waals surface area contributed by atoms with E-state index < -0.39 is 0 Å². The minimum absolute atomic E-state index is 0.621. The van der Waals surface area contributed by atoms with E-state index in [1.54, 1.807) is 0 Å². The van der Waals surface area contributed by atoms with E-state index in [0.717, 1.165) is 83.1 Å². The zero-order chi connectivity index (χ0) is 36.6. The molecular weight excluding hydrogens is 671 g/mol. The molecule has 0 aliphatic carbocycles. The summed E-state index contributed by atoms with van der Waals surface area (Å²) in [4.78, 5) is 15.2. The molecule has 10 rings (SSSR count). The normalized spacial score (nSPS) is 11.3. The SMILES string of the molecule is c1ccc(-c2cc(-c3ccc(-c4nc(-c5ccccc5)nc(-c5ccccc5-c5ccccc5)n4)cc3)cc(-c3cccc4oc5ccccc5c34)c2)cc1. The summed E-state index contributed by atoms with van der Waals surface area (Å²) in [6.07, 6.45) is 0. The van der Waals surface area contributed by atoms with Crippen molar-refractivity contribution in [3.63, 3.8) is 0 Å². The summed E-state index contributed by atoms with van der Waals surface area (Å²) >= 11 is 0. The van der Waals surface area contributed by atoms with E-state index in [1.807, 2.05) is 54.6 Å². The molecule has 0 spiro atoms. The Morgan fingerprint density at radius 1 is 0.273 bits per heavy atom. The Kier molecular flexibility index (Phi) is 8.12. The van der Waals surface area contributed by atoms with Gasteiger partial charge in [-0.15, -0.1) is 0 Å². The highest BCUT2D eigenvalue weighted by Crippen LogP contribution is 2.40. The lowest BCUT2D eigenvalue weighted by atomic mass is 9.91. The van der Waals surface area contributed by atoms with Gasteiger partial charge in [0.05, 0.1) is 0 Å². The zero-order valence-electron chi connectivity index (χ0n) is 29.8. The van der Waals surface area contributed by atoms with Crippen molar-refractivity contribution in [1.29, 1.82) is 0 Å². The molecule has 2 aromatic heterocycles. The van der Waals surface area contributed by atoms with E-state index in [4.69, 9.17) is 19.4 Å². The Morgan fingerprint density at radius 3 is 1.42 bits per heavy atom. The van der Waals surface area contributed by atoms with Crippen molar-refractivity contribution in [2.45, 2.75) is 0 Å². The van der Waals surface area contributed by atoms with Crippen LogP contribution in [0.2, 0.25) is 0 Å². The zero-order valence-corrected chi connectivity index (χ0v) is 29.8. The number of hydrogen-bond donors (Lipinski definition) is 0. The van der Waals surface area contributed by atoms with Crippen LogP contribution in [0, 0.1) is 0 Å². The predicted molar refractivity (Wildman–Crippen MR) is 225 cm³/mol. The first-order valence-corrected chi connectivity index (χ1v) is 18.4. The predicted octanol–water partition coefficient (Wildman–Crippen LogP) is 13.4. The number of nitrogens with zero attached hydrogens (tertiary/aromatic N) is 3. The van der Waals surface area contributed by atoms with Gasteiger partial charge in [-0.2, -0.15) is 0 Å². The molecule has 0 fully saturated rings. The third-order valence-corrected chi connectivity index (χ3v) is 10.2. The maximum atomic E-state index is 6.29. The molecule has 258 valence electrons. The Labute approximate surface area is 319 Å². The van der Waals surface area contributed by atoms with Crippen LogP contribution in [-0.4, -0.2) is 15.0 Å². The van der Waals surface area contributed by atoms with Crippen molar-refractivity contribution in [3.8, 4) is 78.7 Å². The summed E-state index contributed by atoms with van der Waals surface area (Å²) in [5.41, 5.74) is 13.5. The molecule has 55 heavy (non-hydrogen) atoms. The minimum Gasteiger partial charge on any atom is -0.456 e. The first-order valence-electron chi connectivity index (χ1n) is 18.4. The fourth-order valence-corrected chi connectivity index (χ4v) is 7.46. The smallest absolute Gasteiger partial charge is 0.164 e. The van der Waals surface area contributed by atoms with Crippen LogP contribution < -0.4 is 0 Å². The van der Waals surface area contributed by atoms with Crippen LogP contribution in [0.5, 0.6) is 0 Å². The van der Waals surface area contributed by atoms with Crippen LogP contribution in [0.25, 0.3) is 101 Å². The molecule has 0 amide bonds. The van der Waals surface area contributed by atoms with E-state index in [1.165, 1.54) is 0 Å². The molecule has 0 bridgehead atoms. The number of hydrogen-bond acceptors (Lipinski definition) is 4. The molecule has 2 heterocycles. The van der Waals surface area contributed by atoms with Crippen LogP contribution in [0.1, 0.15) is 0 Å². The Hall–Kier alpha value is -7.43. The quantitative estimate of drug-likeness (QED) is 0.166. The summed E-state index contributed by atoms with van der Waals surface area (Å²) in [6.45, 7) is 0. The molecule has 0 N–H and O–H groups in total. The summed E-state index contributed by atoms with van der Waals surface area (Å²) in [5.74, 6) is 1.89. The fourth-order valence-electron chi connectivity index (χ4n) is 7.46. The highest BCUT2D eigenvalue weighted by molar-refractivity contribution is 6.12. The molecule has 0 unspecified atom stereocenters. The van der Waals surface area contributed by atoms with Gasteiger partial charge in [0.2, 0.25) is 0 Å². The van der Waals surface area contributed by atoms with Crippen molar-refractivity contribution in [1.82, 2.24) is 15.0 Å². The van der Waals surface area contributed by atoms with Gasteiger partial charge in [0.15, 0.2) is 17.5 Å². The van der Waals surface area contributed by atoms with Crippen LogP contribution >= 0.6 is 0 Å². The molecule has 0 radical (unpaired) electrons. The van der Waals surface area contributed by atoms with E-state index in [2.05, 4.69) is 146 Å². The van der Waals surface area contributed by atoms with E-state index in [9.17, 15) is 0 Å². The van der Waals surface area contributed by atoms with Crippen LogP contribution in [0.3, 0.4) is 0 Å². The van der Waals surface area contributed by atoms with Gasteiger partial charge >= 0.3 is 0 Å². The average molecular weight is 704 g/mol. The van der Waals surface area contributed by atoms with Gasteiger partial charge < -0.3 is 4.42 Å². The minimum atomic E-state index is 0.621. The van der Waals surface area contributed by atoms with Crippen molar-refractivity contribution in [2.24, 2.45) is 0 Å². The molecule has 0 aliphatic heterocycles. The van der Waals surface area contributed by atoms with E-state index in [0.29, 0.717) is 17.5 Å². The van der Waals surface area contributed by atoms with Gasteiger partial charge in [-0.25, -0.2) is 15.0 Å². The second-order valence-corrected chi connectivity index (χ2v) is 13.6. The largest absolute Gasteiger partial charge is 0.456 e. The average Bonchev–Trinajstić information content (AvgIpc) is 3.66. The highest BCUT2D eigenvalue weighted by atomic mass is 16.3. The Morgan fingerprint density at radius 2 is 0.727 bits per heavy atom. The molecule has 8 aromatic carbocycles. The summed E-state index contributed by atoms with van der Waals surface area (Å²) in [7, 11) is 0. The third kappa shape index (κ3) is 6.16. The monoisotopic (exact) mass is 703 g/mol. The topological polar surface area (TPSA) is 51.8 Å². The third-order valence-electron chi connectivity index (χ3n) is 10.2. The molecular formula is C51H33N3O. The van der Waals surface area contributed by atoms with Crippen LogP contribution in [0.4, 0.5) is 0 Å². The van der Waals surface area contributed by atoms with Crippen molar-refractivity contribution in [3.05, 3.63) is 200 Å². The lowest BCUT2D eigenvalue weighted by Crippen LogP contribution is -2.01. The Balaban J connectivity index is 1.10. The lowest BCUT2D eigenvalue weighted by molar-refractivity contribution is 0.669. The highest BCUT2D eigenvalue weighted by Gasteiger charge is 2.17. The molecule has 0 saturated heterocycles. The molecule has 0 atom stereocenters. The number of rotatable bonds is 7. The van der Waals surface area contributed by atoms with Gasteiger partial charge in [-0.1, -0.05) is 170 Å². The lowest BCUT2D eigenvalue weighted by Gasteiger charge is -2.13. The van der Waals surface area contributed by atoms with Gasteiger partial charge in [-0.05, 0) is 74.8 Å². The van der Waals surface area contributed by atoms with Gasteiger partial charge in [-0.3, -0.25) is 0 Å². The van der Waals surface area contributed by atoms with Crippen molar-refractivity contribution >= 4 is 21.9 Å². The molecule has 4 nitrogen and oxygen atoms in total. The first-order chi connectivity index (χ1) is 27.2. The fraction of sp³-hybridized carbons (Fsp3) is 0. The van der Waals surface area contributed by atoms with E-state index in [-0.39, 0.29) is 0 Å². The molecule has 10 aromatic rings. The molecule has 4 heteroatoms. The number of benzene rings is 8. The summed E-state index contributed by atoms with van der Waals surface area (Å²) in [5, 5.41) is 2.24. The molecule has 0 saturated carbocycles. The second-order valence-electron chi connectivity index (χ2n) is 13.6. The van der Waals surface area contributed by atoms with Crippen molar-refractivity contribution in [2.75, 3.05) is 0 Å². The number of furan rings is 1. The first kappa shape index (κ1) is 32.2. The molecule has 0 aliphatic rings. The van der Waals surface area contributed by atoms with Gasteiger partial charge in [0.25, 0.3) is 0 Å².